The molecule has 1 aliphatic heterocycles. The van der Waals surface area contributed by atoms with Gasteiger partial charge in [0.15, 0.2) is 0 Å². The quantitative estimate of drug-likeness (QED) is 0.623. The van der Waals surface area contributed by atoms with Gasteiger partial charge in [-0.3, -0.25) is 4.90 Å². The molecule has 15 heavy (non-hydrogen) atoms. The third-order valence-corrected chi connectivity index (χ3v) is 3.23. The lowest BCUT2D eigenvalue weighted by Gasteiger charge is -2.12. The van der Waals surface area contributed by atoms with E-state index < -0.39 is 0 Å². The zero-order chi connectivity index (χ0) is 11.1. The molecular weight excluding hydrogens is 182 g/mol. The van der Waals surface area contributed by atoms with Crippen LogP contribution in [0.3, 0.4) is 0 Å². The lowest BCUT2D eigenvalue weighted by atomic mass is 9.96. The highest BCUT2D eigenvalue weighted by molar-refractivity contribution is 5.09. The molecular formula is C14H23N. The van der Waals surface area contributed by atoms with Gasteiger partial charge in [-0.25, -0.2) is 0 Å². The van der Waals surface area contributed by atoms with Crippen molar-refractivity contribution in [3.63, 3.8) is 0 Å². The molecule has 1 saturated heterocycles. The zero-order valence-corrected chi connectivity index (χ0v) is 10.0. The first-order valence-electron chi connectivity index (χ1n) is 5.94. The summed E-state index contributed by atoms with van der Waals surface area (Å²) in [5.74, 6) is 1.77. The second kappa shape index (κ2) is 6.62. The summed E-state index contributed by atoms with van der Waals surface area (Å²) in [6.45, 7) is 11.9. The Morgan fingerprint density at radius 1 is 1.27 bits per heavy atom. The smallest absolute Gasteiger partial charge is 0.0166 e. The molecule has 0 radical (unpaired) electrons. The highest BCUT2D eigenvalue weighted by Crippen LogP contribution is 2.24. The highest BCUT2D eigenvalue weighted by atomic mass is 15.1. The van der Waals surface area contributed by atoms with Crippen molar-refractivity contribution < 1.29 is 0 Å². The van der Waals surface area contributed by atoms with Gasteiger partial charge in [0.2, 0.25) is 0 Å². The van der Waals surface area contributed by atoms with Crippen LogP contribution in [0.2, 0.25) is 0 Å². The van der Waals surface area contributed by atoms with Crippen LogP contribution in [-0.2, 0) is 0 Å². The van der Waals surface area contributed by atoms with Gasteiger partial charge >= 0.3 is 0 Å². The van der Waals surface area contributed by atoms with Gasteiger partial charge in [-0.2, -0.15) is 0 Å². The Kier molecular flexibility index (Phi) is 5.41. The molecule has 0 spiro atoms. The van der Waals surface area contributed by atoms with Crippen molar-refractivity contribution in [1.82, 2.24) is 4.90 Å². The van der Waals surface area contributed by atoms with Gasteiger partial charge in [0, 0.05) is 19.6 Å². The lowest BCUT2D eigenvalue weighted by Crippen LogP contribution is -2.20. The predicted octanol–water partition coefficient (Wildman–Crippen LogP) is 3.26. The summed E-state index contributed by atoms with van der Waals surface area (Å²) in [4.78, 5) is 2.54. The number of rotatable bonds is 5. The maximum absolute atomic E-state index is 3.64. The highest BCUT2D eigenvalue weighted by Gasteiger charge is 2.26. The molecule has 0 aromatic carbocycles. The summed E-state index contributed by atoms with van der Waals surface area (Å²) < 4.78 is 0. The third kappa shape index (κ3) is 4.05. The molecule has 0 aliphatic carbocycles. The van der Waals surface area contributed by atoms with Gasteiger partial charge in [-0.15, -0.1) is 0 Å². The van der Waals surface area contributed by atoms with Gasteiger partial charge in [0.05, 0.1) is 0 Å². The van der Waals surface area contributed by atoms with Crippen molar-refractivity contribution in [2.24, 2.45) is 11.8 Å². The fourth-order valence-electron chi connectivity index (χ4n) is 2.25. The largest absolute Gasteiger partial charge is 0.299 e. The topological polar surface area (TPSA) is 3.24 Å². The molecule has 1 heterocycles. The summed E-state index contributed by atoms with van der Waals surface area (Å²) in [6, 6.07) is 0. The molecule has 0 saturated carbocycles. The van der Waals surface area contributed by atoms with E-state index >= 15 is 0 Å². The predicted molar refractivity (Wildman–Crippen MR) is 67.9 cm³/mol. The average Bonchev–Trinajstić information content (AvgIpc) is 2.59. The SMILES string of the molecule is C=C/C=C\C=C\CN1CC(C)[C@H](CC)C1. The second-order valence-electron chi connectivity index (χ2n) is 4.41. The van der Waals surface area contributed by atoms with Gasteiger partial charge in [-0.05, 0) is 11.8 Å². The lowest BCUT2D eigenvalue weighted by molar-refractivity contribution is 0.356. The molecule has 0 aromatic rings. The molecule has 1 aliphatic rings. The molecule has 1 nitrogen and oxygen atoms in total. The summed E-state index contributed by atoms with van der Waals surface area (Å²) in [5, 5.41) is 0. The van der Waals surface area contributed by atoms with Gasteiger partial charge in [-0.1, -0.05) is 57.2 Å². The van der Waals surface area contributed by atoms with E-state index in [1.807, 2.05) is 12.2 Å². The Bertz CT molecular complexity index is 240. The van der Waals surface area contributed by atoms with Crippen LogP contribution < -0.4 is 0 Å². The Balaban J connectivity index is 2.26. The van der Waals surface area contributed by atoms with E-state index in [9.17, 15) is 0 Å². The summed E-state index contributed by atoms with van der Waals surface area (Å²) in [6.07, 6.45) is 11.4. The minimum atomic E-state index is 0.868. The van der Waals surface area contributed by atoms with E-state index in [1.54, 1.807) is 6.08 Å². The maximum Gasteiger partial charge on any atom is 0.0166 e. The fraction of sp³-hybridized carbons (Fsp3) is 0.571. The third-order valence-electron chi connectivity index (χ3n) is 3.23. The Hall–Kier alpha value is -0.820. The monoisotopic (exact) mass is 205 g/mol. The van der Waals surface area contributed by atoms with Crippen molar-refractivity contribution >= 4 is 0 Å². The average molecular weight is 205 g/mol. The van der Waals surface area contributed by atoms with Gasteiger partial charge in [0.1, 0.15) is 0 Å². The van der Waals surface area contributed by atoms with Crippen molar-refractivity contribution in [2.45, 2.75) is 20.3 Å². The molecule has 2 atom stereocenters. The molecule has 0 amide bonds. The fourth-order valence-corrected chi connectivity index (χ4v) is 2.25. The molecule has 0 aromatic heterocycles. The summed E-state index contributed by atoms with van der Waals surface area (Å²) in [7, 11) is 0. The maximum atomic E-state index is 3.64. The standard InChI is InChI=1S/C14H23N/c1-4-6-7-8-9-10-15-11-13(3)14(5-2)12-15/h4,6-9,13-14H,1,5,10-12H2,2-3H3/b7-6-,9-8+/t13?,14-/m1/s1. The molecule has 0 bridgehead atoms. The summed E-state index contributed by atoms with van der Waals surface area (Å²) >= 11 is 0. The van der Waals surface area contributed by atoms with E-state index in [0.717, 1.165) is 18.4 Å². The summed E-state index contributed by atoms with van der Waals surface area (Å²) in [5.41, 5.74) is 0. The van der Waals surface area contributed by atoms with Crippen LogP contribution >= 0.6 is 0 Å². The number of nitrogens with zero attached hydrogens (tertiary/aromatic N) is 1. The van der Waals surface area contributed by atoms with Crippen LogP contribution in [0.25, 0.3) is 0 Å². The van der Waals surface area contributed by atoms with E-state index in [2.05, 4.69) is 37.5 Å². The molecule has 1 fully saturated rings. The van der Waals surface area contributed by atoms with Crippen molar-refractivity contribution in [3.05, 3.63) is 37.0 Å². The minimum Gasteiger partial charge on any atom is -0.299 e. The number of likely N-dealkylation sites (tertiary alicyclic amines) is 1. The molecule has 1 rings (SSSR count). The van der Waals surface area contributed by atoms with Gasteiger partial charge < -0.3 is 0 Å². The van der Waals surface area contributed by atoms with Crippen LogP contribution in [0.1, 0.15) is 20.3 Å². The normalized spacial score (nSPS) is 28.1. The van der Waals surface area contributed by atoms with Crippen LogP contribution in [-0.4, -0.2) is 24.5 Å². The molecule has 0 N–H and O–H groups in total. The zero-order valence-electron chi connectivity index (χ0n) is 10.0. The Morgan fingerprint density at radius 3 is 2.67 bits per heavy atom. The van der Waals surface area contributed by atoms with Crippen molar-refractivity contribution in [2.75, 3.05) is 19.6 Å². The molecule has 1 heteroatoms. The van der Waals surface area contributed by atoms with Crippen LogP contribution in [0.4, 0.5) is 0 Å². The second-order valence-corrected chi connectivity index (χ2v) is 4.41. The first-order chi connectivity index (χ1) is 7.27. The van der Waals surface area contributed by atoms with Crippen molar-refractivity contribution in [1.29, 1.82) is 0 Å². The molecule has 84 valence electrons. The first kappa shape index (κ1) is 12.3. The van der Waals surface area contributed by atoms with E-state index in [1.165, 1.54) is 19.5 Å². The Labute approximate surface area is 94.2 Å². The van der Waals surface area contributed by atoms with E-state index in [4.69, 9.17) is 0 Å². The van der Waals surface area contributed by atoms with Crippen LogP contribution in [0, 0.1) is 11.8 Å². The van der Waals surface area contributed by atoms with Crippen molar-refractivity contribution in [3.8, 4) is 0 Å². The molecule has 1 unspecified atom stereocenters. The number of hydrogen-bond donors (Lipinski definition) is 0. The minimum absolute atomic E-state index is 0.868. The van der Waals surface area contributed by atoms with Crippen LogP contribution in [0.15, 0.2) is 37.0 Å². The van der Waals surface area contributed by atoms with E-state index in [0.29, 0.717) is 0 Å². The number of allylic oxidation sites excluding steroid dienone is 4. The van der Waals surface area contributed by atoms with Gasteiger partial charge in [0.25, 0.3) is 0 Å². The Morgan fingerprint density at radius 2 is 2.07 bits per heavy atom. The first-order valence-corrected chi connectivity index (χ1v) is 5.94. The van der Waals surface area contributed by atoms with E-state index in [-0.39, 0.29) is 0 Å². The van der Waals surface area contributed by atoms with Crippen LogP contribution in [0.5, 0.6) is 0 Å². The number of hydrogen-bond acceptors (Lipinski definition) is 1.